The average Bonchev–Trinajstić information content (AvgIpc) is 3.12. The third-order valence-electron chi connectivity index (χ3n) is 5.75. The molecule has 0 bridgehead atoms. The lowest BCUT2D eigenvalue weighted by atomic mass is 10.1. The number of aromatic carboxylic acids is 3. The maximum absolute atomic E-state index is 11.7. The number of carbonyl (C=O) groups is 4. The van der Waals surface area contributed by atoms with E-state index in [1.165, 1.54) is 0 Å². The topological polar surface area (TPSA) is 197 Å². The van der Waals surface area contributed by atoms with Gasteiger partial charge in [0.1, 0.15) is 6.61 Å². The van der Waals surface area contributed by atoms with Crippen LogP contribution in [-0.4, -0.2) is 95.7 Å². The van der Waals surface area contributed by atoms with Crippen LogP contribution in [0.1, 0.15) is 47.0 Å². The molecule has 256 valence electrons. The van der Waals surface area contributed by atoms with Crippen molar-refractivity contribution in [3.05, 3.63) is 143 Å². The number of carbonyl (C=O) groups excluding carboxylic acids is 1. The molecule has 12 nitrogen and oxygen atoms in total. The summed E-state index contributed by atoms with van der Waals surface area (Å²) in [6.45, 7) is 1.50. The monoisotopic (exact) mass is 664 g/mol. The number of rotatable bonds is 14. The standard InChI is InChI=1S/C18H18O5.2C7H6O2.C4H10O3/c19-17(20)16-9-5-4-6-14(16)10-11-22-12-13-23-18(21)15-7-2-1-3-8-15;2*8-7(9)6-4-2-1-3-5-6;5-1-3-7-4-2-6/h1-9H,10-13H2,(H,19,20);2*1-5H,(H,8,9);5-6H,1-4H2. The van der Waals surface area contributed by atoms with Crippen molar-refractivity contribution in [1.29, 1.82) is 0 Å². The Morgan fingerprint density at radius 2 is 0.875 bits per heavy atom. The summed E-state index contributed by atoms with van der Waals surface area (Å²) in [5.74, 6) is -3.09. The highest BCUT2D eigenvalue weighted by Crippen LogP contribution is 2.09. The number of esters is 1. The Hall–Kier alpha value is -5.40. The molecule has 5 N–H and O–H groups in total. The van der Waals surface area contributed by atoms with Gasteiger partial charge in [-0.2, -0.15) is 0 Å². The van der Waals surface area contributed by atoms with Crippen LogP contribution in [0.2, 0.25) is 0 Å². The third kappa shape index (κ3) is 18.5. The van der Waals surface area contributed by atoms with E-state index in [0.29, 0.717) is 42.9 Å². The second-order valence-corrected chi connectivity index (χ2v) is 9.23. The molecule has 0 unspecified atom stereocenters. The summed E-state index contributed by atoms with van der Waals surface area (Å²) in [5.41, 5.74) is 2.17. The molecule has 12 heteroatoms. The molecule has 0 aromatic heterocycles. The minimum atomic E-state index is -0.947. The van der Waals surface area contributed by atoms with E-state index in [0.717, 1.165) is 5.56 Å². The van der Waals surface area contributed by atoms with Crippen molar-refractivity contribution in [2.24, 2.45) is 0 Å². The van der Waals surface area contributed by atoms with Crippen molar-refractivity contribution in [2.45, 2.75) is 6.42 Å². The summed E-state index contributed by atoms with van der Waals surface area (Å²) in [4.78, 5) is 43.1. The van der Waals surface area contributed by atoms with Crippen molar-refractivity contribution >= 4 is 23.9 Å². The number of carboxylic acids is 3. The van der Waals surface area contributed by atoms with Gasteiger partial charge in [-0.3, -0.25) is 0 Å². The minimum Gasteiger partial charge on any atom is -0.478 e. The first-order chi connectivity index (χ1) is 23.2. The quantitative estimate of drug-likeness (QED) is 0.0932. The van der Waals surface area contributed by atoms with Crippen LogP contribution in [0.3, 0.4) is 0 Å². The van der Waals surface area contributed by atoms with Crippen molar-refractivity contribution in [3.63, 3.8) is 0 Å². The maximum Gasteiger partial charge on any atom is 0.338 e. The molecule has 0 fully saturated rings. The van der Waals surface area contributed by atoms with E-state index >= 15 is 0 Å². The van der Waals surface area contributed by atoms with Gasteiger partial charge in [0.05, 0.1) is 61.9 Å². The van der Waals surface area contributed by atoms with Crippen molar-refractivity contribution < 1.29 is 58.9 Å². The molecule has 4 aromatic carbocycles. The first-order valence-corrected chi connectivity index (χ1v) is 14.7. The number of aliphatic hydroxyl groups excluding tert-OH is 2. The van der Waals surface area contributed by atoms with Gasteiger partial charge in [0.2, 0.25) is 0 Å². The largest absolute Gasteiger partial charge is 0.478 e. The zero-order valence-electron chi connectivity index (χ0n) is 26.2. The SMILES string of the molecule is O=C(O)c1ccccc1.O=C(O)c1ccccc1.O=C(OCCOCCc1ccccc1C(=O)O)c1ccccc1.OCCOCCO. The normalized spacial score (nSPS) is 9.62. The van der Waals surface area contributed by atoms with Crippen LogP contribution in [0.15, 0.2) is 115 Å². The molecule has 0 atom stereocenters. The van der Waals surface area contributed by atoms with E-state index in [2.05, 4.69) is 4.74 Å². The maximum atomic E-state index is 11.7. The van der Waals surface area contributed by atoms with Crippen LogP contribution >= 0.6 is 0 Å². The molecule has 0 radical (unpaired) electrons. The zero-order valence-corrected chi connectivity index (χ0v) is 26.2. The lowest BCUT2D eigenvalue weighted by molar-refractivity contribution is 0.0320. The van der Waals surface area contributed by atoms with E-state index in [4.69, 9.17) is 35.0 Å². The molecule has 0 aliphatic carbocycles. The molecule has 0 spiro atoms. The van der Waals surface area contributed by atoms with E-state index in [9.17, 15) is 19.2 Å². The summed E-state index contributed by atoms with van der Waals surface area (Å²) >= 11 is 0. The smallest absolute Gasteiger partial charge is 0.338 e. The average molecular weight is 665 g/mol. The number of carboxylic acid groups (broad SMARTS) is 3. The highest BCUT2D eigenvalue weighted by Gasteiger charge is 2.09. The number of hydrogen-bond acceptors (Lipinski definition) is 9. The van der Waals surface area contributed by atoms with Gasteiger partial charge >= 0.3 is 23.9 Å². The van der Waals surface area contributed by atoms with Gasteiger partial charge in [-0.25, -0.2) is 19.2 Å². The second-order valence-electron chi connectivity index (χ2n) is 9.23. The molecule has 0 heterocycles. The Bertz CT molecular complexity index is 1410. The van der Waals surface area contributed by atoms with Crippen molar-refractivity contribution in [1.82, 2.24) is 0 Å². The molecule has 0 aliphatic heterocycles. The molecule has 4 rings (SSSR count). The van der Waals surface area contributed by atoms with Gasteiger partial charge in [0.25, 0.3) is 0 Å². The Balaban J connectivity index is 0.000000376. The minimum absolute atomic E-state index is 0.0278. The fourth-order valence-electron chi connectivity index (χ4n) is 3.47. The molecule has 4 aromatic rings. The van der Waals surface area contributed by atoms with Crippen LogP contribution < -0.4 is 0 Å². The molecular formula is C36H40O12. The molecule has 0 saturated carbocycles. The molecule has 0 aliphatic rings. The highest BCUT2D eigenvalue weighted by molar-refractivity contribution is 5.90. The van der Waals surface area contributed by atoms with Crippen LogP contribution in [0.4, 0.5) is 0 Å². The van der Waals surface area contributed by atoms with E-state index in [1.54, 1.807) is 109 Å². The lowest BCUT2D eigenvalue weighted by Crippen LogP contribution is -2.12. The number of benzene rings is 4. The van der Waals surface area contributed by atoms with Gasteiger partial charge in [0, 0.05) is 0 Å². The second kappa shape index (κ2) is 25.8. The number of aliphatic hydroxyl groups is 2. The Kier molecular flexibility index (Phi) is 21.8. The first kappa shape index (κ1) is 40.6. The predicted molar refractivity (Wildman–Crippen MR) is 176 cm³/mol. The Labute approximate surface area is 278 Å². The van der Waals surface area contributed by atoms with Crippen molar-refractivity contribution in [2.75, 3.05) is 46.2 Å². The number of hydrogen-bond donors (Lipinski definition) is 5. The fraction of sp³-hybridized carbons (Fsp3) is 0.222. The lowest BCUT2D eigenvalue weighted by Gasteiger charge is -2.08. The van der Waals surface area contributed by atoms with E-state index in [1.807, 2.05) is 6.07 Å². The summed E-state index contributed by atoms with van der Waals surface area (Å²) in [6, 6.07) is 32.2. The summed E-state index contributed by atoms with van der Waals surface area (Å²) < 4.78 is 15.1. The summed E-state index contributed by atoms with van der Waals surface area (Å²) in [7, 11) is 0. The Morgan fingerprint density at radius 3 is 1.29 bits per heavy atom. The number of ether oxygens (including phenoxy) is 3. The van der Waals surface area contributed by atoms with Gasteiger partial charge in [-0.15, -0.1) is 0 Å². The van der Waals surface area contributed by atoms with E-state index in [-0.39, 0.29) is 38.0 Å². The molecular weight excluding hydrogens is 624 g/mol. The van der Waals surface area contributed by atoms with Gasteiger partial charge < -0.3 is 39.7 Å². The third-order valence-corrected chi connectivity index (χ3v) is 5.75. The Morgan fingerprint density at radius 1 is 0.458 bits per heavy atom. The summed E-state index contributed by atoms with van der Waals surface area (Å²) in [5, 5.41) is 42.0. The summed E-state index contributed by atoms with van der Waals surface area (Å²) in [6.07, 6.45) is 0.495. The molecule has 0 amide bonds. The van der Waals surface area contributed by atoms with Gasteiger partial charge in [-0.1, -0.05) is 72.8 Å². The van der Waals surface area contributed by atoms with Crippen LogP contribution in [-0.2, 0) is 20.6 Å². The van der Waals surface area contributed by atoms with E-state index < -0.39 is 17.9 Å². The van der Waals surface area contributed by atoms with Crippen LogP contribution in [0.25, 0.3) is 0 Å². The van der Waals surface area contributed by atoms with Gasteiger partial charge in [-0.05, 0) is 54.4 Å². The van der Waals surface area contributed by atoms with Crippen molar-refractivity contribution in [3.8, 4) is 0 Å². The molecule has 48 heavy (non-hydrogen) atoms. The zero-order chi connectivity index (χ0) is 35.4. The van der Waals surface area contributed by atoms with Crippen LogP contribution in [0, 0.1) is 0 Å². The van der Waals surface area contributed by atoms with Gasteiger partial charge in [0.15, 0.2) is 0 Å². The highest BCUT2D eigenvalue weighted by atomic mass is 16.6. The molecule has 0 saturated heterocycles. The first-order valence-electron chi connectivity index (χ1n) is 14.7. The van der Waals surface area contributed by atoms with Crippen LogP contribution in [0.5, 0.6) is 0 Å². The fourth-order valence-corrected chi connectivity index (χ4v) is 3.47. The predicted octanol–water partition coefficient (Wildman–Crippen LogP) is 4.56.